The van der Waals surface area contributed by atoms with Gasteiger partial charge in [0.1, 0.15) is 11.3 Å². The number of furan rings is 1. The van der Waals surface area contributed by atoms with Gasteiger partial charge < -0.3 is 9.52 Å². The molecular formula is C11H11N3O4. The molecule has 2 aromatic heterocycles. The minimum absolute atomic E-state index is 0.0545. The third-order valence-corrected chi connectivity index (χ3v) is 2.34. The summed E-state index contributed by atoms with van der Waals surface area (Å²) in [7, 11) is 0. The Morgan fingerprint density at radius 2 is 2.22 bits per heavy atom. The number of aromatic hydroxyl groups is 1. The van der Waals surface area contributed by atoms with E-state index in [2.05, 4.69) is 9.98 Å². The van der Waals surface area contributed by atoms with E-state index in [0.717, 1.165) is 0 Å². The summed E-state index contributed by atoms with van der Waals surface area (Å²) < 4.78 is 5.09. The number of nitrogens with zero attached hydrogens (tertiary/aromatic N) is 1. The Labute approximate surface area is 101 Å². The van der Waals surface area contributed by atoms with Gasteiger partial charge in [-0.05, 0) is 19.1 Å². The van der Waals surface area contributed by atoms with E-state index in [1.54, 1.807) is 19.1 Å². The zero-order valence-corrected chi connectivity index (χ0v) is 9.56. The van der Waals surface area contributed by atoms with Crippen LogP contribution in [0.3, 0.4) is 0 Å². The molecule has 0 unspecified atom stereocenters. The molecule has 3 N–H and O–H groups in total. The summed E-state index contributed by atoms with van der Waals surface area (Å²) in [5.41, 5.74) is -1.19. The third kappa shape index (κ3) is 2.40. The molecule has 0 aliphatic carbocycles. The normalized spacial score (nSPS) is 11.7. The molecule has 2 rings (SSSR count). The van der Waals surface area contributed by atoms with Gasteiger partial charge in [0, 0.05) is 0 Å². The van der Waals surface area contributed by atoms with Crippen molar-refractivity contribution in [2.45, 2.75) is 13.5 Å². The van der Waals surface area contributed by atoms with Crippen LogP contribution in [0.5, 0.6) is 5.88 Å². The van der Waals surface area contributed by atoms with Crippen molar-refractivity contribution in [2.75, 3.05) is 0 Å². The Balaban J connectivity index is 2.34. The second-order valence-electron chi connectivity index (χ2n) is 3.61. The highest BCUT2D eigenvalue weighted by atomic mass is 16.3. The van der Waals surface area contributed by atoms with Crippen LogP contribution in [0.2, 0.25) is 0 Å². The third-order valence-electron chi connectivity index (χ3n) is 2.34. The van der Waals surface area contributed by atoms with Crippen molar-refractivity contribution in [3.05, 3.63) is 50.6 Å². The second kappa shape index (κ2) is 4.74. The molecule has 0 atom stereocenters. The fraction of sp³-hybridized carbons (Fsp3) is 0.182. The van der Waals surface area contributed by atoms with Gasteiger partial charge in [-0.3, -0.25) is 19.8 Å². The van der Waals surface area contributed by atoms with Gasteiger partial charge in [-0.2, -0.15) is 0 Å². The molecule has 0 aliphatic rings. The van der Waals surface area contributed by atoms with Crippen molar-refractivity contribution in [3.63, 3.8) is 0 Å². The first-order chi connectivity index (χ1) is 8.58. The maximum atomic E-state index is 11.5. The average molecular weight is 249 g/mol. The molecule has 0 saturated carbocycles. The van der Waals surface area contributed by atoms with E-state index >= 15 is 0 Å². The number of rotatable bonds is 3. The Hall–Kier alpha value is -2.57. The van der Waals surface area contributed by atoms with Gasteiger partial charge in [0.25, 0.3) is 5.56 Å². The van der Waals surface area contributed by atoms with Crippen LogP contribution in [0.1, 0.15) is 18.2 Å². The summed E-state index contributed by atoms with van der Waals surface area (Å²) in [6.07, 6.45) is 1.52. The predicted octanol–water partition coefficient (Wildman–Crippen LogP) is 0.371. The molecule has 0 radical (unpaired) electrons. The highest BCUT2D eigenvalue weighted by Crippen LogP contribution is 2.08. The molecule has 0 spiro atoms. The van der Waals surface area contributed by atoms with E-state index in [1.807, 2.05) is 4.98 Å². The number of aliphatic imine (C=N–C) groups is 1. The largest absolute Gasteiger partial charge is 0.494 e. The van der Waals surface area contributed by atoms with Crippen LogP contribution in [0.15, 0.2) is 37.4 Å². The van der Waals surface area contributed by atoms with Crippen molar-refractivity contribution in [3.8, 4) is 5.88 Å². The van der Waals surface area contributed by atoms with Gasteiger partial charge in [-0.1, -0.05) is 0 Å². The summed E-state index contributed by atoms with van der Waals surface area (Å²) in [5, 5.41) is 9.52. The lowest BCUT2D eigenvalue weighted by molar-refractivity contribution is 0.447. The molecule has 7 nitrogen and oxygen atoms in total. The molecule has 0 saturated heterocycles. The molecule has 94 valence electrons. The molecule has 18 heavy (non-hydrogen) atoms. The van der Waals surface area contributed by atoms with Crippen molar-refractivity contribution >= 4 is 5.71 Å². The molecule has 0 bridgehead atoms. The Morgan fingerprint density at radius 3 is 2.83 bits per heavy atom. The summed E-state index contributed by atoms with van der Waals surface area (Å²) in [5.74, 6) is 0.138. The van der Waals surface area contributed by atoms with E-state index < -0.39 is 17.1 Å². The van der Waals surface area contributed by atoms with Crippen LogP contribution in [0, 0.1) is 0 Å². The standard InChI is InChI=1S/C11H11N3O4/c1-6(12-5-7-3-2-4-18-7)8-9(15)13-11(17)14-10(8)16/h2-4H,5H2,1H3,(H3,13,14,15,16,17). The lowest BCUT2D eigenvalue weighted by Crippen LogP contribution is -2.27. The fourth-order valence-electron chi connectivity index (χ4n) is 1.49. The van der Waals surface area contributed by atoms with Crippen LogP contribution >= 0.6 is 0 Å². The van der Waals surface area contributed by atoms with Gasteiger partial charge >= 0.3 is 5.69 Å². The van der Waals surface area contributed by atoms with E-state index in [-0.39, 0.29) is 12.1 Å². The van der Waals surface area contributed by atoms with Crippen LogP contribution in [0.4, 0.5) is 0 Å². The number of aromatic nitrogens is 2. The van der Waals surface area contributed by atoms with Gasteiger partial charge in [-0.15, -0.1) is 0 Å². The lowest BCUT2D eigenvalue weighted by Gasteiger charge is -2.01. The first-order valence-corrected chi connectivity index (χ1v) is 5.17. The van der Waals surface area contributed by atoms with E-state index in [0.29, 0.717) is 11.5 Å². The summed E-state index contributed by atoms with van der Waals surface area (Å²) in [6.45, 7) is 1.81. The predicted molar refractivity (Wildman–Crippen MR) is 64.0 cm³/mol. The lowest BCUT2D eigenvalue weighted by atomic mass is 10.2. The molecule has 0 amide bonds. The molecule has 2 aromatic rings. The van der Waals surface area contributed by atoms with E-state index in [1.165, 1.54) is 6.26 Å². The number of aromatic amines is 2. The van der Waals surface area contributed by atoms with Crippen molar-refractivity contribution < 1.29 is 9.52 Å². The van der Waals surface area contributed by atoms with Crippen molar-refractivity contribution in [2.24, 2.45) is 4.99 Å². The molecule has 2 heterocycles. The topological polar surface area (TPSA) is 111 Å². The maximum absolute atomic E-state index is 11.5. The maximum Gasteiger partial charge on any atom is 0.328 e. The summed E-state index contributed by atoms with van der Waals surface area (Å²) in [6, 6.07) is 3.47. The molecular weight excluding hydrogens is 238 g/mol. The van der Waals surface area contributed by atoms with Crippen LogP contribution in [-0.2, 0) is 6.54 Å². The Morgan fingerprint density at radius 1 is 1.44 bits per heavy atom. The van der Waals surface area contributed by atoms with Crippen molar-refractivity contribution in [1.29, 1.82) is 0 Å². The SMILES string of the molecule is CC(=NCc1ccco1)c1c(O)[nH]c(=O)[nH]c1=O. The minimum atomic E-state index is -0.764. The van der Waals surface area contributed by atoms with Crippen molar-refractivity contribution in [1.82, 2.24) is 9.97 Å². The molecule has 0 fully saturated rings. The molecule has 0 aliphatic heterocycles. The molecule has 0 aromatic carbocycles. The van der Waals surface area contributed by atoms with Gasteiger partial charge in [0.2, 0.25) is 5.88 Å². The van der Waals surface area contributed by atoms with E-state index in [9.17, 15) is 14.7 Å². The van der Waals surface area contributed by atoms with E-state index in [4.69, 9.17) is 4.42 Å². The highest BCUT2D eigenvalue weighted by molar-refractivity contribution is 6.00. The van der Waals surface area contributed by atoms with Gasteiger partial charge in [0.15, 0.2) is 0 Å². The highest BCUT2D eigenvalue weighted by Gasteiger charge is 2.11. The Bertz CT molecular complexity index is 679. The number of hydrogen-bond donors (Lipinski definition) is 3. The van der Waals surface area contributed by atoms with Gasteiger partial charge in [0.05, 0.1) is 18.5 Å². The smallest absolute Gasteiger partial charge is 0.328 e. The van der Waals surface area contributed by atoms with Crippen LogP contribution in [-0.4, -0.2) is 20.8 Å². The summed E-state index contributed by atoms with van der Waals surface area (Å²) >= 11 is 0. The Kier molecular flexibility index (Phi) is 3.13. The first kappa shape index (κ1) is 11.9. The number of hydrogen-bond acceptors (Lipinski definition) is 5. The number of H-pyrrole nitrogens is 2. The first-order valence-electron chi connectivity index (χ1n) is 5.17. The minimum Gasteiger partial charge on any atom is -0.494 e. The van der Waals surface area contributed by atoms with Crippen LogP contribution < -0.4 is 11.2 Å². The zero-order valence-electron chi connectivity index (χ0n) is 9.56. The number of nitrogens with one attached hydrogen (secondary N) is 2. The zero-order chi connectivity index (χ0) is 13.1. The molecule has 7 heteroatoms. The van der Waals surface area contributed by atoms with Gasteiger partial charge in [-0.25, -0.2) is 4.79 Å². The monoisotopic (exact) mass is 249 g/mol. The summed E-state index contributed by atoms with van der Waals surface area (Å²) in [4.78, 5) is 30.7. The fourth-order valence-corrected chi connectivity index (χ4v) is 1.49. The average Bonchev–Trinajstić information content (AvgIpc) is 2.77. The second-order valence-corrected chi connectivity index (χ2v) is 3.61. The van der Waals surface area contributed by atoms with Crippen LogP contribution in [0.25, 0.3) is 0 Å². The quantitative estimate of drug-likeness (QED) is 0.682.